The first-order valence-corrected chi connectivity index (χ1v) is 6.83. The van der Waals surface area contributed by atoms with Crippen LogP contribution in [0, 0.1) is 13.8 Å². The van der Waals surface area contributed by atoms with Gasteiger partial charge in [-0.1, -0.05) is 30.7 Å². The molecule has 0 aliphatic heterocycles. The van der Waals surface area contributed by atoms with Crippen molar-refractivity contribution in [1.82, 2.24) is 10.2 Å². The number of nitrogens with one attached hydrogen (secondary N) is 1. The van der Waals surface area contributed by atoms with E-state index < -0.39 is 0 Å². The average molecular weight is 254 g/mol. The molecule has 0 spiro atoms. The van der Waals surface area contributed by atoms with Crippen molar-refractivity contribution in [2.24, 2.45) is 0 Å². The zero-order chi connectivity index (χ0) is 13.4. The van der Waals surface area contributed by atoms with Crippen molar-refractivity contribution in [3.63, 3.8) is 0 Å². The Hall–Kier alpha value is -1.90. The lowest BCUT2D eigenvalue weighted by Gasteiger charge is -2.28. The van der Waals surface area contributed by atoms with E-state index in [2.05, 4.69) is 28.4 Å². The third-order valence-electron chi connectivity index (χ3n) is 4.29. The maximum Gasteiger partial charge on any atom is 0.267 e. The van der Waals surface area contributed by atoms with Crippen molar-refractivity contribution in [3.8, 4) is 11.3 Å². The summed E-state index contributed by atoms with van der Waals surface area (Å²) in [6.45, 7) is 3.83. The van der Waals surface area contributed by atoms with E-state index in [0.29, 0.717) is 5.92 Å². The molecule has 1 heterocycles. The Morgan fingerprint density at radius 1 is 1.16 bits per heavy atom. The minimum atomic E-state index is -0.0950. The van der Waals surface area contributed by atoms with Crippen LogP contribution in [0.3, 0.4) is 0 Å². The zero-order valence-corrected chi connectivity index (χ0v) is 11.4. The second-order valence-electron chi connectivity index (χ2n) is 5.37. The summed E-state index contributed by atoms with van der Waals surface area (Å²) in [7, 11) is 0. The minimum absolute atomic E-state index is 0.0950. The quantitative estimate of drug-likeness (QED) is 0.893. The highest BCUT2D eigenvalue weighted by atomic mass is 16.1. The summed E-state index contributed by atoms with van der Waals surface area (Å²) in [5.74, 6) is 0.657. The van der Waals surface area contributed by atoms with Crippen LogP contribution in [-0.4, -0.2) is 10.2 Å². The largest absolute Gasteiger partial charge is 0.268 e. The van der Waals surface area contributed by atoms with Crippen LogP contribution in [-0.2, 0) is 0 Å². The number of hydrogen-bond donors (Lipinski definition) is 1. The first-order valence-electron chi connectivity index (χ1n) is 6.83. The van der Waals surface area contributed by atoms with Gasteiger partial charge in [-0.2, -0.15) is 5.10 Å². The number of aromatic amines is 1. The van der Waals surface area contributed by atoms with Crippen LogP contribution in [0.5, 0.6) is 0 Å². The second kappa shape index (κ2) is 4.65. The van der Waals surface area contributed by atoms with E-state index in [1.54, 1.807) is 0 Å². The van der Waals surface area contributed by atoms with Crippen molar-refractivity contribution in [3.05, 3.63) is 51.3 Å². The van der Waals surface area contributed by atoms with E-state index in [1.165, 1.54) is 30.4 Å². The molecule has 0 atom stereocenters. The van der Waals surface area contributed by atoms with Crippen molar-refractivity contribution >= 4 is 0 Å². The highest BCUT2D eigenvalue weighted by Gasteiger charge is 2.23. The van der Waals surface area contributed by atoms with Gasteiger partial charge in [-0.15, -0.1) is 0 Å². The Morgan fingerprint density at radius 2 is 1.89 bits per heavy atom. The van der Waals surface area contributed by atoms with Crippen LogP contribution in [0.25, 0.3) is 11.3 Å². The molecule has 0 saturated heterocycles. The summed E-state index contributed by atoms with van der Waals surface area (Å²) in [6, 6.07) is 8.44. The highest BCUT2D eigenvalue weighted by molar-refractivity contribution is 5.68. The van der Waals surface area contributed by atoms with Crippen LogP contribution in [0.1, 0.15) is 41.9 Å². The van der Waals surface area contributed by atoms with Gasteiger partial charge in [0.25, 0.3) is 5.56 Å². The first-order chi connectivity index (χ1) is 9.18. The molecule has 1 aromatic heterocycles. The van der Waals surface area contributed by atoms with Gasteiger partial charge in [-0.25, -0.2) is 5.10 Å². The maximum absolute atomic E-state index is 11.6. The van der Waals surface area contributed by atoms with Gasteiger partial charge >= 0.3 is 0 Å². The van der Waals surface area contributed by atoms with Crippen molar-refractivity contribution < 1.29 is 0 Å². The van der Waals surface area contributed by atoms with Crippen LogP contribution < -0.4 is 5.56 Å². The molecule has 3 nitrogen and oxygen atoms in total. The number of nitrogens with zero attached hydrogens (tertiary/aromatic N) is 1. The molecule has 1 aromatic carbocycles. The standard InChI is InChI=1S/C16H18N2O/c1-10-11(2)16(19)18-17-15(10)14-9-4-3-8-13(14)12-6-5-7-12/h3-4,8-9,12H,5-7H2,1-2H3,(H,18,19). The highest BCUT2D eigenvalue weighted by Crippen LogP contribution is 2.41. The Kier molecular flexibility index (Phi) is 2.97. The molecule has 1 fully saturated rings. The van der Waals surface area contributed by atoms with E-state index in [9.17, 15) is 4.79 Å². The summed E-state index contributed by atoms with van der Waals surface area (Å²) in [4.78, 5) is 11.6. The number of H-pyrrole nitrogens is 1. The molecule has 1 saturated carbocycles. The molecule has 2 aromatic rings. The Balaban J connectivity index is 2.17. The molecular weight excluding hydrogens is 236 g/mol. The maximum atomic E-state index is 11.6. The van der Waals surface area contributed by atoms with E-state index in [1.807, 2.05) is 19.9 Å². The van der Waals surface area contributed by atoms with E-state index >= 15 is 0 Å². The molecule has 98 valence electrons. The van der Waals surface area contributed by atoms with Crippen molar-refractivity contribution in [2.75, 3.05) is 0 Å². The van der Waals surface area contributed by atoms with Crippen molar-refractivity contribution in [1.29, 1.82) is 0 Å². The SMILES string of the molecule is Cc1c(-c2ccccc2C2CCC2)n[nH]c(=O)c1C. The third kappa shape index (κ3) is 1.99. The van der Waals surface area contributed by atoms with Gasteiger partial charge in [-0.05, 0) is 43.7 Å². The number of rotatable bonds is 2. The fraction of sp³-hybridized carbons (Fsp3) is 0.375. The van der Waals surface area contributed by atoms with E-state index in [-0.39, 0.29) is 5.56 Å². The summed E-state index contributed by atoms with van der Waals surface area (Å²) in [5, 5.41) is 6.88. The fourth-order valence-corrected chi connectivity index (χ4v) is 2.67. The predicted molar refractivity (Wildman–Crippen MR) is 76.4 cm³/mol. The molecular formula is C16H18N2O. The Labute approximate surface area is 112 Å². The van der Waals surface area contributed by atoms with Gasteiger partial charge in [0.05, 0.1) is 5.69 Å². The van der Waals surface area contributed by atoms with Gasteiger partial charge in [0.2, 0.25) is 0 Å². The third-order valence-corrected chi connectivity index (χ3v) is 4.29. The lowest BCUT2D eigenvalue weighted by molar-refractivity contribution is 0.420. The minimum Gasteiger partial charge on any atom is -0.268 e. The summed E-state index contributed by atoms with van der Waals surface area (Å²) in [5.41, 5.74) is 5.10. The van der Waals surface area contributed by atoms with Gasteiger partial charge in [-0.3, -0.25) is 4.79 Å². The topological polar surface area (TPSA) is 45.8 Å². The van der Waals surface area contributed by atoms with Gasteiger partial charge in [0, 0.05) is 11.1 Å². The lowest BCUT2D eigenvalue weighted by atomic mass is 9.77. The summed E-state index contributed by atoms with van der Waals surface area (Å²) >= 11 is 0. The van der Waals surface area contributed by atoms with Crippen LogP contribution in [0.2, 0.25) is 0 Å². The lowest BCUT2D eigenvalue weighted by Crippen LogP contribution is -2.16. The van der Waals surface area contributed by atoms with Gasteiger partial charge in [0.15, 0.2) is 0 Å². The number of benzene rings is 1. The van der Waals surface area contributed by atoms with Crippen molar-refractivity contribution in [2.45, 2.75) is 39.0 Å². The van der Waals surface area contributed by atoms with Crippen LogP contribution in [0.15, 0.2) is 29.1 Å². The number of aromatic nitrogens is 2. The second-order valence-corrected chi connectivity index (χ2v) is 5.37. The summed E-state index contributed by atoms with van der Waals surface area (Å²) < 4.78 is 0. The van der Waals surface area contributed by atoms with E-state index in [4.69, 9.17) is 0 Å². The molecule has 0 radical (unpaired) electrons. The molecule has 3 heteroatoms. The van der Waals surface area contributed by atoms with E-state index in [0.717, 1.165) is 16.8 Å². The molecule has 19 heavy (non-hydrogen) atoms. The van der Waals surface area contributed by atoms with Crippen LogP contribution >= 0.6 is 0 Å². The molecule has 0 amide bonds. The fourth-order valence-electron chi connectivity index (χ4n) is 2.67. The molecule has 3 rings (SSSR count). The Bertz CT molecular complexity index is 669. The molecule has 1 N–H and O–H groups in total. The molecule has 1 aliphatic carbocycles. The Morgan fingerprint density at radius 3 is 2.58 bits per heavy atom. The normalized spacial score (nSPS) is 15.3. The predicted octanol–water partition coefficient (Wildman–Crippen LogP) is 3.32. The zero-order valence-electron chi connectivity index (χ0n) is 11.4. The molecule has 0 unspecified atom stereocenters. The van der Waals surface area contributed by atoms with Crippen LogP contribution in [0.4, 0.5) is 0 Å². The molecule has 1 aliphatic rings. The molecule has 0 bridgehead atoms. The first kappa shape index (κ1) is 12.2. The monoisotopic (exact) mass is 254 g/mol. The summed E-state index contributed by atoms with van der Waals surface area (Å²) in [6.07, 6.45) is 3.84. The van der Waals surface area contributed by atoms with Gasteiger partial charge < -0.3 is 0 Å². The average Bonchev–Trinajstić information content (AvgIpc) is 2.35. The smallest absolute Gasteiger partial charge is 0.267 e. The number of hydrogen-bond acceptors (Lipinski definition) is 2. The van der Waals surface area contributed by atoms with Gasteiger partial charge in [0.1, 0.15) is 0 Å².